The Kier molecular flexibility index (Phi) is 9.25. The number of hydrogen-bond donors (Lipinski definition) is 1. The zero-order valence-electron chi connectivity index (χ0n) is 12.9. The van der Waals surface area contributed by atoms with Gasteiger partial charge >= 0.3 is 0 Å². The Hall–Kier alpha value is -0.420. The quantitative estimate of drug-likeness (QED) is 0.783. The Morgan fingerprint density at radius 1 is 1.36 bits per heavy atom. The number of thioether (sulfide) groups is 1. The number of carbonyl (C=O) groups is 1. The second kappa shape index (κ2) is 10.4. The monoisotopic (exact) mass is 362 g/mol. The van der Waals surface area contributed by atoms with Gasteiger partial charge in [0.15, 0.2) is 0 Å². The van der Waals surface area contributed by atoms with Gasteiger partial charge in [0.05, 0.1) is 10.8 Å². The summed E-state index contributed by atoms with van der Waals surface area (Å²) in [5.41, 5.74) is 0. The first-order valence-electron chi connectivity index (χ1n) is 7.56. The molecule has 0 spiro atoms. The second-order valence-corrected chi connectivity index (χ2v) is 6.78. The van der Waals surface area contributed by atoms with Gasteiger partial charge in [-0.15, -0.1) is 24.2 Å². The standard InChI is InChI=1S/C16H23ClN2OS.ClH/c1-2-18-11-13-7-9-19(10-8-13)16(20)12-21-15-6-4-3-5-14(15)17;/h3-6,13,18H,2,7-12H2,1H3;1H. The molecular weight excluding hydrogens is 339 g/mol. The first-order chi connectivity index (χ1) is 10.2. The fourth-order valence-corrected chi connectivity index (χ4v) is 3.67. The Morgan fingerprint density at radius 3 is 2.68 bits per heavy atom. The maximum atomic E-state index is 12.2. The number of amides is 1. The van der Waals surface area contributed by atoms with Gasteiger partial charge in [-0.05, 0) is 44.0 Å². The Bertz CT molecular complexity index is 465. The molecule has 1 aliphatic rings. The van der Waals surface area contributed by atoms with Crippen LogP contribution in [0.3, 0.4) is 0 Å². The minimum absolute atomic E-state index is 0. The highest BCUT2D eigenvalue weighted by molar-refractivity contribution is 8.00. The average molecular weight is 363 g/mol. The van der Waals surface area contributed by atoms with Crippen molar-refractivity contribution in [3.63, 3.8) is 0 Å². The highest BCUT2D eigenvalue weighted by Crippen LogP contribution is 2.27. The van der Waals surface area contributed by atoms with Crippen LogP contribution in [0.5, 0.6) is 0 Å². The third-order valence-electron chi connectivity index (χ3n) is 3.84. The lowest BCUT2D eigenvalue weighted by molar-refractivity contribution is -0.129. The molecule has 124 valence electrons. The molecule has 0 saturated carbocycles. The average Bonchev–Trinajstić information content (AvgIpc) is 2.52. The highest BCUT2D eigenvalue weighted by atomic mass is 35.5. The molecule has 0 aromatic heterocycles. The molecule has 1 aliphatic heterocycles. The summed E-state index contributed by atoms with van der Waals surface area (Å²) >= 11 is 7.64. The Labute approximate surface area is 148 Å². The van der Waals surface area contributed by atoms with Gasteiger partial charge < -0.3 is 10.2 Å². The molecule has 1 aromatic carbocycles. The van der Waals surface area contributed by atoms with Gasteiger partial charge in [-0.3, -0.25) is 4.79 Å². The number of likely N-dealkylation sites (tertiary alicyclic amines) is 1. The molecule has 1 amide bonds. The van der Waals surface area contributed by atoms with Crippen LogP contribution in [0.25, 0.3) is 0 Å². The van der Waals surface area contributed by atoms with Crippen molar-refractivity contribution >= 4 is 41.7 Å². The molecule has 1 heterocycles. The van der Waals surface area contributed by atoms with Crippen LogP contribution in [0, 0.1) is 5.92 Å². The van der Waals surface area contributed by atoms with Crippen molar-refractivity contribution in [1.82, 2.24) is 10.2 Å². The van der Waals surface area contributed by atoms with Gasteiger partial charge in [-0.2, -0.15) is 0 Å². The summed E-state index contributed by atoms with van der Waals surface area (Å²) in [6, 6.07) is 7.68. The number of nitrogens with one attached hydrogen (secondary N) is 1. The summed E-state index contributed by atoms with van der Waals surface area (Å²) in [5.74, 6) is 1.41. The van der Waals surface area contributed by atoms with Gasteiger partial charge in [0.1, 0.15) is 0 Å². The van der Waals surface area contributed by atoms with E-state index in [-0.39, 0.29) is 18.3 Å². The fourth-order valence-electron chi connectivity index (χ4n) is 2.53. The van der Waals surface area contributed by atoms with Crippen LogP contribution >= 0.6 is 35.8 Å². The number of halogens is 2. The minimum Gasteiger partial charge on any atom is -0.342 e. The summed E-state index contributed by atoms with van der Waals surface area (Å²) in [4.78, 5) is 15.2. The largest absolute Gasteiger partial charge is 0.342 e. The van der Waals surface area contributed by atoms with Crippen molar-refractivity contribution in [2.75, 3.05) is 31.9 Å². The molecule has 1 N–H and O–H groups in total. The fraction of sp³-hybridized carbons (Fsp3) is 0.562. The Morgan fingerprint density at radius 2 is 2.05 bits per heavy atom. The van der Waals surface area contributed by atoms with Crippen molar-refractivity contribution in [2.45, 2.75) is 24.7 Å². The summed E-state index contributed by atoms with van der Waals surface area (Å²) in [7, 11) is 0. The molecular formula is C16H24Cl2N2OS. The SMILES string of the molecule is CCNCC1CCN(C(=O)CSc2ccccc2Cl)CC1.Cl. The molecule has 1 saturated heterocycles. The van der Waals surface area contributed by atoms with E-state index in [1.165, 1.54) is 11.8 Å². The summed E-state index contributed by atoms with van der Waals surface area (Å²) in [5, 5.41) is 4.11. The van der Waals surface area contributed by atoms with Crippen LogP contribution in [0.1, 0.15) is 19.8 Å². The molecule has 0 bridgehead atoms. The lowest BCUT2D eigenvalue weighted by Gasteiger charge is -2.32. The molecule has 1 aromatic rings. The van der Waals surface area contributed by atoms with E-state index in [9.17, 15) is 4.79 Å². The zero-order valence-corrected chi connectivity index (χ0v) is 15.3. The van der Waals surface area contributed by atoms with E-state index in [2.05, 4.69) is 12.2 Å². The van der Waals surface area contributed by atoms with Crippen molar-refractivity contribution in [3.8, 4) is 0 Å². The first-order valence-corrected chi connectivity index (χ1v) is 8.93. The summed E-state index contributed by atoms with van der Waals surface area (Å²) < 4.78 is 0. The van der Waals surface area contributed by atoms with Gasteiger partial charge in [-0.1, -0.05) is 30.7 Å². The van der Waals surface area contributed by atoms with Gasteiger partial charge in [0.25, 0.3) is 0 Å². The first kappa shape index (κ1) is 19.6. The van der Waals surface area contributed by atoms with Crippen LogP contribution in [0.4, 0.5) is 0 Å². The van der Waals surface area contributed by atoms with Crippen LogP contribution < -0.4 is 5.32 Å². The number of piperidine rings is 1. The van der Waals surface area contributed by atoms with E-state index in [0.717, 1.165) is 48.9 Å². The molecule has 1 fully saturated rings. The predicted octanol–water partition coefficient (Wildman–Crippen LogP) is 3.70. The molecule has 0 aliphatic carbocycles. The van der Waals surface area contributed by atoms with E-state index >= 15 is 0 Å². The Balaban J connectivity index is 0.00000242. The molecule has 22 heavy (non-hydrogen) atoms. The molecule has 0 radical (unpaired) electrons. The van der Waals surface area contributed by atoms with Crippen LogP contribution in [0.2, 0.25) is 5.02 Å². The van der Waals surface area contributed by atoms with Crippen molar-refractivity contribution in [1.29, 1.82) is 0 Å². The third-order valence-corrected chi connectivity index (χ3v) is 5.34. The number of nitrogens with zero attached hydrogens (tertiary/aromatic N) is 1. The summed E-state index contributed by atoms with van der Waals surface area (Å²) in [6.07, 6.45) is 2.21. The predicted molar refractivity (Wildman–Crippen MR) is 97.3 cm³/mol. The molecule has 3 nitrogen and oxygen atoms in total. The summed E-state index contributed by atoms with van der Waals surface area (Å²) in [6.45, 7) is 6.00. The van der Waals surface area contributed by atoms with E-state index < -0.39 is 0 Å². The molecule has 0 unspecified atom stereocenters. The number of hydrogen-bond acceptors (Lipinski definition) is 3. The maximum Gasteiger partial charge on any atom is 0.232 e. The lowest BCUT2D eigenvalue weighted by atomic mass is 9.97. The van der Waals surface area contributed by atoms with Crippen LogP contribution in [0.15, 0.2) is 29.2 Å². The van der Waals surface area contributed by atoms with Crippen LogP contribution in [-0.2, 0) is 4.79 Å². The second-order valence-electron chi connectivity index (χ2n) is 5.35. The number of rotatable bonds is 6. The molecule has 0 atom stereocenters. The van der Waals surface area contributed by atoms with E-state index in [1.807, 2.05) is 29.2 Å². The molecule has 2 rings (SSSR count). The van der Waals surface area contributed by atoms with E-state index in [0.29, 0.717) is 11.7 Å². The highest BCUT2D eigenvalue weighted by Gasteiger charge is 2.22. The third kappa shape index (κ3) is 5.99. The lowest BCUT2D eigenvalue weighted by Crippen LogP contribution is -2.41. The number of benzene rings is 1. The van der Waals surface area contributed by atoms with Gasteiger partial charge in [0, 0.05) is 18.0 Å². The number of carbonyl (C=O) groups excluding carboxylic acids is 1. The van der Waals surface area contributed by atoms with Gasteiger partial charge in [0.2, 0.25) is 5.91 Å². The van der Waals surface area contributed by atoms with Crippen molar-refractivity contribution < 1.29 is 4.79 Å². The smallest absolute Gasteiger partial charge is 0.232 e. The van der Waals surface area contributed by atoms with E-state index in [1.54, 1.807) is 0 Å². The minimum atomic E-state index is 0. The van der Waals surface area contributed by atoms with Crippen LogP contribution in [-0.4, -0.2) is 42.7 Å². The normalized spacial score (nSPS) is 15.5. The van der Waals surface area contributed by atoms with Crippen molar-refractivity contribution in [3.05, 3.63) is 29.3 Å². The molecule has 6 heteroatoms. The van der Waals surface area contributed by atoms with E-state index in [4.69, 9.17) is 11.6 Å². The van der Waals surface area contributed by atoms with Crippen molar-refractivity contribution in [2.24, 2.45) is 5.92 Å². The topological polar surface area (TPSA) is 32.3 Å². The zero-order chi connectivity index (χ0) is 15.1. The van der Waals surface area contributed by atoms with Gasteiger partial charge in [-0.25, -0.2) is 0 Å². The maximum absolute atomic E-state index is 12.2.